The van der Waals surface area contributed by atoms with Gasteiger partial charge in [0.05, 0.1) is 17.2 Å². The van der Waals surface area contributed by atoms with E-state index in [0.29, 0.717) is 11.1 Å². The Bertz CT molecular complexity index is 635. The minimum absolute atomic E-state index is 0.0608. The number of halogens is 1. The Balaban J connectivity index is 2.04. The second-order valence-electron chi connectivity index (χ2n) is 3.84. The third-order valence-electron chi connectivity index (χ3n) is 2.55. The van der Waals surface area contributed by atoms with Crippen LogP contribution >= 0.6 is 0 Å². The first-order chi connectivity index (χ1) is 9.20. The van der Waals surface area contributed by atoms with Crippen LogP contribution in [0.15, 0.2) is 42.7 Å². The van der Waals surface area contributed by atoms with Gasteiger partial charge in [0, 0.05) is 24.5 Å². The molecule has 0 unspecified atom stereocenters. The van der Waals surface area contributed by atoms with Crippen LogP contribution in [-0.2, 0) is 6.54 Å². The molecule has 2 rings (SSSR count). The zero-order valence-electron chi connectivity index (χ0n) is 9.93. The van der Waals surface area contributed by atoms with Crippen LogP contribution in [0, 0.1) is 17.1 Å². The fourth-order valence-electron chi connectivity index (χ4n) is 1.53. The number of rotatable bonds is 3. The molecule has 4 nitrogen and oxygen atoms in total. The number of hydrogen-bond donors (Lipinski definition) is 1. The van der Waals surface area contributed by atoms with E-state index in [2.05, 4.69) is 10.3 Å². The summed E-state index contributed by atoms with van der Waals surface area (Å²) in [6, 6.07) is 9.26. The highest BCUT2D eigenvalue weighted by molar-refractivity contribution is 5.93. The van der Waals surface area contributed by atoms with Crippen molar-refractivity contribution in [3.63, 3.8) is 0 Å². The highest BCUT2D eigenvalue weighted by Crippen LogP contribution is 2.10. The lowest BCUT2D eigenvalue weighted by Crippen LogP contribution is -2.23. The predicted octanol–water partition coefficient (Wildman–Crippen LogP) is 2.02. The number of nitriles is 1. The van der Waals surface area contributed by atoms with Crippen molar-refractivity contribution < 1.29 is 9.18 Å². The van der Waals surface area contributed by atoms with E-state index >= 15 is 0 Å². The fourth-order valence-corrected chi connectivity index (χ4v) is 1.53. The highest BCUT2D eigenvalue weighted by Gasteiger charge is 2.07. The molecule has 0 bridgehead atoms. The third kappa shape index (κ3) is 3.13. The minimum Gasteiger partial charge on any atom is -0.348 e. The molecule has 0 atom stereocenters. The Labute approximate surface area is 109 Å². The molecule has 19 heavy (non-hydrogen) atoms. The molecule has 1 N–H and O–H groups in total. The summed E-state index contributed by atoms with van der Waals surface area (Å²) in [5.41, 5.74) is 0.993. The monoisotopic (exact) mass is 255 g/mol. The second kappa shape index (κ2) is 5.74. The van der Waals surface area contributed by atoms with Gasteiger partial charge in [-0.1, -0.05) is 6.07 Å². The molecule has 1 amide bonds. The summed E-state index contributed by atoms with van der Waals surface area (Å²) in [4.78, 5) is 15.6. The van der Waals surface area contributed by atoms with Crippen LogP contribution in [-0.4, -0.2) is 10.9 Å². The molecular formula is C14H10FN3O. The van der Waals surface area contributed by atoms with Gasteiger partial charge in [-0.2, -0.15) is 5.26 Å². The number of nitrogens with one attached hydrogen (secondary N) is 1. The van der Waals surface area contributed by atoms with E-state index in [-0.39, 0.29) is 18.0 Å². The van der Waals surface area contributed by atoms with Crippen molar-refractivity contribution in [3.05, 3.63) is 65.2 Å². The van der Waals surface area contributed by atoms with Crippen LogP contribution in [0.4, 0.5) is 4.39 Å². The molecule has 5 heteroatoms. The first kappa shape index (κ1) is 12.7. The number of nitrogens with zero attached hydrogens (tertiary/aromatic N) is 2. The number of benzene rings is 1. The van der Waals surface area contributed by atoms with E-state index in [1.165, 1.54) is 18.3 Å². The average Bonchev–Trinajstić information content (AvgIpc) is 2.46. The number of hydrogen-bond acceptors (Lipinski definition) is 3. The molecule has 0 saturated carbocycles. The average molecular weight is 255 g/mol. The number of amides is 1. The SMILES string of the molecule is N#Cc1ccc(CNC(=O)c2cccnc2)c(F)c1. The largest absolute Gasteiger partial charge is 0.348 e. The van der Waals surface area contributed by atoms with Gasteiger partial charge in [-0.15, -0.1) is 0 Å². The van der Waals surface area contributed by atoms with Gasteiger partial charge in [-0.25, -0.2) is 4.39 Å². The Morgan fingerprint density at radius 1 is 1.42 bits per heavy atom. The van der Waals surface area contributed by atoms with Gasteiger partial charge in [0.15, 0.2) is 0 Å². The molecule has 0 saturated heterocycles. The topological polar surface area (TPSA) is 65.8 Å². The summed E-state index contributed by atoms with van der Waals surface area (Å²) in [6.07, 6.45) is 3.00. The lowest BCUT2D eigenvalue weighted by molar-refractivity contribution is 0.0950. The Morgan fingerprint density at radius 3 is 2.89 bits per heavy atom. The maximum absolute atomic E-state index is 13.6. The highest BCUT2D eigenvalue weighted by atomic mass is 19.1. The lowest BCUT2D eigenvalue weighted by atomic mass is 10.1. The van der Waals surface area contributed by atoms with E-state index in [4.69, 9.17) is 5.26 Å². The van der Waals surface area contributed by atoms with Gasteiger partial charge in [0.25, 0.3) is 5.91 Å². The summed E-state index contributed by atoms with van der Waals surface area (Å²) in [5, 5.41) is 11.2. The summed E-state index contributed by atoms with van der Waals surface area (Å²) in [5.74, 6) is -0.831. The molecule has 0 radical (unpaired) electrons. The quantitative estimate of drug-likeness (QED) is 0.912. The van der Waals surface area contributed by atoms with Gasteiger partial charge >= 0.3 is 0 Å². The third-order valence-corrected chi connectivity index (χ3v) is 2.55. The van der Waals surface area contributed by atoms with Gasteiger partial charge in [0.2, 0.25) is 0 Å². The second-order valence-corrected chi connectivity index (χ2v) is 3.84. The van der Waals surface area contributed by atoms with E-state index in [1.807, 2.05) is 6.07 Å². The van der Waals surface area contributed by atoms with Crippen molar-refractivity contribution >= 4 is 5.91 Å². The standard InChI is InChI=1S/C14H10FN3O/c15-13-6-10(7-16)3-4-11(13)9-18-14(19)12-2-1-5-17-8-12/h1-6,8H,9H2,(H,18,19). The first-order valence-corrected chi connectivity index (χ1v) is 5.57. The molecule has 2 aromatic rings. The van der Waals surface area contributed by atoms with Crippen LogP contribution in [0.25, 0.3) is 0 Å². The molecule has 0 fully saturated rings. The van der Waals surface area contributed by atoms with Crippen LogP contribution in [0.3, 0.4) is 0 Å². The van der Waals surface area contributed by atoms with Gasteiger partial charge < -0.3 is 5.32 Å². The van der Waals surface area contributed by atoms with Crippen molar-refractivity contribution in [1.82, 2.24) is 10.3 Å². The molecule has 1 aromatic heterocycles. The van der Waals surface area contributed by atoms with Crippen LogP contribution < -0.4 is 5.32 Å². The van der Waals surface area contributed by atoms with Gasteiger partial charge in [-0.3, -0.25) is 9.78 Å². The molecule has 0 spiro atoms. The molecule has 0 aliphatic rings. The van der Waals surface area contributed by atoms with Crippen molar-refractivity contribution in [2.45, 2.75) is 6.54 Å². The zero-order chi connectivity index (χ0) is 13.7. The van der Waals surface area contributed by atoms with Crippen LogP contribution in [0.1, 0.15) is 21.5 Å². The maximum Gasteiger partial charge on any atom is 0.253 e. The van der Waals surface area contributed by atoms with Crippen molar-refractivity contribution in [2.24, 2.45) is 0 Å². The predicted molar refractivity (Wildman–Crippen MR) is 66.5 cm³/mol. The fraction of sp³-hybridized carbons (Fsp3) is 0.0714. The minimum atomic E-state index is -0.509. The van der Waals surface area contributed by atoms with E-state index in [1.54, 1.807) is 18.3 Å². The zero-order valence-corrected chi connectivity index (χ0v) is 9.93. The maximum atomic E-state index is 13.6. The smallest absolute Gasteiger partial charge is 0.253 e. The number of carbonyl (C=O) groups is 1. The van der Waals surface area contributed by atoms with Gasteiger partial charge in [0.1, 0.15) is 5.82 Å². The van der Waals surface area contributed by atoms with Crippen LogP contribution in [0.5, 0.6) is 0 Å². The molecule has 0 aliphatic heterocycles. The Kier molecular flexibility index (Phi) is 3.84. The van der Waals surface area contributed by atoms with Crippen LogP contribution in [0.2, 0.25) is 0 Å². The summed E-state index contributed by atoms with van der Waals surface area (Å²) in [7, 11) is 0. The normalized spacial score (nSPS) is 9.68. The molecular weight excluding hydrogens is 245 g/mol. The number of pyridine rings is 1. The number of aromatic nitrogens is 1. The molecule has 94 valence electrons. The van der Waals surface area contributed by atoms with E-state index in [0.717, 1.165) is 6.07 Å². The van der Waals surface area contributed by atoms with E-state index < -0.39 is 5.82 Å². The molecule has 1 heterocycles. The Hall–Kier alpha value is -2.74. The van der Waals surface area contributed by atoms with E-state index in [9.17, 15) is 9.18 Å². The molecule has 0 aliphatic carbocycles. The summed E-state index contributed by atoms with van der Waals surface area (Å²) >= 11 is 0. The summed E-state index contributed by atoms with van der Waals surface area (Å²) < 4.78 is 13.6. The lowest BCUT2D eigenvalue weighted by Gasteiger charge is -2.06. The van der Waals surface area contributed by atoms with Crippen molar-refractivity contribution in [2.75, 3.05) is 0 Å². The summed E-state index contributed by atoms with van der Waals surface area (Å²) in [6.45, 7) is 0.0608. The first-order valence-electron chi connectivity index (χ1n) is 5.57. The Morgan fingerprint density at radius 2 is 2.26 bits per heavy atom. The number of carbonyl (C=O) groups excluding carboxylic acids is 1. The van der Waals surface area contributed by atoms with Crippen molar-refractivity contribution in [1.29, 1.82) is 5.26 Å². The van der Waals surface area contributed by atoms with Gasteiger partial charge in [-0.05, 0) is 24.3 Å². The van der Waals surface area contributed by atoms with Crippen molar-refractivity contribution in [3.8, 4) is 6.07 Å². The molecule has 1 aromatic carbocycles.